The Morgan fingerprint density at radius 2 is 1.90 bits per heavy atom. The van der Waals surface area contributed by atoms with Crippen molar-refractivity contribution in [3.05, 3.63) is 48.2 Å². The number of nitrogens with zero attached hydrogens (tertiary/aromatic N) is 2. The first kappa shape index (κ1) is 12.5. The van der Waals surface area contributed by atoms with E-state index in [4.69, 9.17) is 0 Å². The molecule has 2 aromatic rings. The first-order valence-electron chi connectivity index (χ1n) is 6.45. The number of rotatable bonds is 2. The van der Waals surface area contributed by atoms with Gasteiger partial charge in [-0.15, -0.1) is 0 Å². The molecule has 0 saturated heterocycles. The minimum absolute atomic E-state index is 0.0891. The average Bonchev–Trinajstić information content (AvgIpc) is 2.46. The van der Waals surface area contributed by atoms with Crippen molar-refractivity contribution < 1.29 is 4.79 Å². The van der Waals surface area contributed by atoms with Crippen molar-refractivity contribution in [2.75, 3.05) is 29.6 Å². The van der Waals surface area contributed by atoms with Crippen LogP contribution in [0.25, 0.3) is 0 Å². The van der Waals surface area contributed by atoms with Crippen LogP contribution >= 0.6 is 0 Å². The van der Waals surface area contributed by atoms with Gasteiger partial charge in [0.15, 0.2) is 5.82 Å². The summed E-state index contributed by atoms with van der Waals surface area (Å²) in [6.07, 6.45) is 1.66. The Balaban J connectivity index is 1.89. The molecule has 20 heavy (non-hydrogen) atoms. The van der Waals surface area contributed by atoms with E-state index in [2.05, 4.69) is 15.6 Å². The summed E-state index contributed by atoms with van der Waals surface area (Å²) in [6.45, 7) is 0. The van der Waals surface area contributed by atoms with Gasteiger partial charge in [-0.3, -0.25) is 4.79 Å². The van der Waals surface area contributed by atoms with Gasteiger partial charge in [-0.25, -0.2) is 4.98 Å². The molecule has 0 spiro atoms. The molecule has 1 aromatic carbocycles. The van der Waals surface area contributed by atoms with Crippen molar-refractivity contribution in [2.45, 2.75) is 6.04 Å². The Kier molecular flexibility index (Phi) is 3.02. The summed E-state index contributed by atoms with van der Waals surface area (Å²) in [5, 5.41) is 6.05. The molecule has 3 rings (SSSR count). The summed E-state index contributed by atoms with van der Waals surface area (Å²) >= 11 is 0. The van der Waals surface area contributed by atoms with Crippen LogP contribution in [-0.4, -0.2) is 25.0 Å². The second-order valence-electron chi connectivity index (χ2n) is 4.95. The predicted molar refractivity (Wildman–Crippen MR) is 80.0 cm³/mol. The molecule has 1 atom stereocenters. The summed E-state index contributed by atoms with van der Waals surface area (Å²) in [5.41, 5.74) is 2.88. The fourth-order valence-electron chi connectivity index (χ4n) is 2.23. The maximum Gasteiger partial charge on any atom is 0.252 e. The van der Waals surface area contributed by atoms with Gasteiger partial charge in [0.05, 0.1) is 5.69 Å². The monoisotopic (exact) mass is 268 g/mol. The molecule has 1 aliphatic rings. The zero-order valence-corrected chi connectivity index (χ0v) is 11.4. The van der Waals surface area contributed by atoms with Crippen LogP contribution in [0.15, 0.2) is 42.6 Å². The van der Waals surface area contributed by atoms with Crippen molar-refractivity contribution in [1.29, 1.82) is 0 Å². The van der Waals surface area contributed by atoms with Gasteiger partial charge in [-0.1, -0.05) is 12.1 Å². The summed E-state index contributed by atoms with van der Waals surface area (Å²) in [6, 6.07) is 11.3. The van der Waals surface area contributed by atoms with E-state index in [0.29, 0.717) is 5.82 Å². The van der Waals surface area contributed by atoms with Crippen LogP contribution in [0, 0.1) is 0 Å². The third kappa shape index (κ3) is 2.18. The average molecular weight is 268 g/mol. The van der Waals surface area contributed by atoms with Crippen LogP contribution in [0.4, 0.5) is 17.2 Å². The molecule has 1 amide bonds. The maximum atomic E-state index is 12.2. The van der Waals surface area contributed by atoms with Gasteiger partial charge >= 0.3 is 0 Å². The normalized spacial score (nSPS) is 16.9. The molecular formula is C15H16N4O. The SMILES string of the molecule is CN(C)c1ccc([C@H]2Nc3cccnc3NC2=O)cc1. The number of hydrogen-bond acceptors (Lipinski definition) is 4. The van der Waals surface area contributed by atoms with Crippen LogP contribution < -0.4 is 15.5 Å². The van der Waals surface area contributed by atoms with Crippen LogP contribution in [0.1, 0.15) is 11.6 Å². The first-order chi connectivity index (χ1) is 9.65. The molecular weight excluding hydrogens is 252 g/mol. The van der Waals surface area contributed by atoms with Crippen molar-refractivity contribution in [3.63, 3.8) is 0 Å². The predicted octanol–water partition coefficient (Wildman–Crippen LogP) is 2.25. The number of anilines is 3. The number of carbonyl (C=O) groups excluding carboxylic acids is 1. The molecule has 2 heterocycles. The number of hydrogen-bond donors (Lipinski definition) is 2. The molecule has 0 unspecified atom stereocenters. The van der Waals surface area contributed by atoms with E-state index in [0.717, 1.165) is 16.9 Å². The number of benzene rings is 1. The largest absolute Gasteiger partial charge is 0.378 e. The Morgan fingerprint density at radius 3 is 2.60 bits per heavy atom. The lowest BCUT2D eigenvalue weighted by Crippen LogP contribution is -2.32. The minimum Gasteiger partial charge on any atom is -0.378 e. The van der Waals surface area contributed by atoms with E-state index in [1.54, 1.807) is 6.20 Å². The van der Waals surface area contributed by atoms with Gasteiger partial charge in [0.2, 0.25) is 0 Å². The van der Waals surface area contributed by atoms with Crippen molar-refractivity contribution >= 4 is 23.1 Å². The molecule has 0 saturated carbocycles. The van der Waals surface area contributed by atoms with Gasteiger partial charge in [0, 0.05) is 26.0 Å². The summed E-state index contributed by atoms with van der Waals surface area (Å²) in [7, 11) is 3.98. The van der Waals surface area contributed by atoms with Crippen molar-refractivity contribution in [3.8, 4) is 0 Å². The van der Waals surface area contributed by atoms with Gasteiger partial charge in [0.1, 0.15) is 6.04 Å². The second-order valence-corrected chi connectivity index (χ2v) is 4.95. The highest BCUT2D eigenvalue weighted by Crippen LogP contribution is 2.30. The van der Waals surface area contributed by atoms with E-state index in [-0.39, 0.29) is 11.9 Å². The molecule has 1 aromatic heterocycles. The van der Waals surface area contributed by atoms with Gasteiger partial charge in [-0.05, 0) is 29.8 Å². The first-order valence-corrected chi connectivity index (χ1v) is 6.45. The minimum atomic E-state index is -0.386. The van der Waals surface area contributed by atoms with E-state index in [9.17, 15) is 4.79 Å². The topological polar surface area (TPSA) is 57.3 Å². The molecule has 0 aliphatic carbocycles. The molecule has 1 aliphatic heterocycles. The van der Waals surface area contributed by atoms with E-state index < -0.39 is 0 Å². The second kappa shape index (κ2) is 4.85. The number of fused-ring (bicyclic) bond motifs is 1. The zero-order chi connectivity index (χ0) is 14.1. The third-order valence-electron chi connectivity index (χ3n) is 3.35. The Morgan fingerprint density at radius 1 is 1.15 bits per heavy atom. The van der Waals surface area contributed by atoms with Crippen LogP contribution in [0.5, 0.6) is 0 Å². The molecule has 5 heteroatoms. The van der Waals surface area contributed by atoms with E-state index >= 15 is 0 Å². The smallest absolute Gasteiger partial charge is 0.252 e. The third-order valence-corrected chi connectivity index (χ3v) is 3.35. The Labute approximate surface area is 117 Å². The van der Waals surface area contributed by atoms with E-state index in [1.165, 1.54) is 0 Å². The highest BCUT2D eigenvalue weighted by molar-refractivity contribution is 6.02. The summed E-state index contributed by atoms with van der Waals surface area (Å²) in [4.78, 5) is 18.3. The lowest BCUT2D eigenvalue weighted by molar-refractivity contribution is -0.117. The van der Waals surface area contributed by atoms with E-state index in [1.807, 2.05) is 55.4 Å². The standard InChI is InChI=1S/C15H16N4O/c1-19(2)11-7-5-10(6-8-11)13-15(20)18-14-12(17-13)4-3-9-16-14/h3-9,13,17H,1-2H3,(H,16,18,20)/t13-/m1/s1. The Hall–Kier alpha value is -2.56. The van der Waals surface area contributed by atoms with Crippen LogP contribution in [-0.2, 0) is 4.79 Å². The van der Waals surface area contributed by atoms with Gasteiger partial charge in [-0.2, -0.15) is 0 Å². The highest BCUT2D eigenvalue weighted by atomic mass is 16.2. The Bertz CT molecular complexity index is 637. The van der Waals surface area contributed by atoms with Crippen LogP contribution in [0.2, 0.25) is 0 Å². The molecule has 5 nitrogen and oxygen atoms in total. The number of pyridine rings is 1. The fraction of sp³-hybridized carbons (Fsp3) is 0.200. The number of amides is 1. The lowest BCUT2D eigenvalue weighted by Gasteiger charge is -2.26. The fourth-order valence-corrected chi connectivity index (χ4v) is 2.23. The molecule has 0 radical (unpaired) electrons. The quantitative estimate of drug-likeness (QED) is 0.877. The van der Waals surface area contributed by atoms with Crippen molar-refractivity contribution in [1.82, 2.24) is 4.98 Å². The number of aromatic nitrogens is 1. The summed E-state index contributed by atoms with van der Waals surface area (Å²) in [5.74, 6) is 0.493. The van der Waals surface area contributed by atoms with Gasteiger partial charge in [0.25, 0.3) is 5.91 Å². The summed E-state index contributed by atoms with van der Waals surface area (Å²) < 4.78 is 0. The van der Waals surface area contributed by atoms with Crippen molar-refractivity contribution in [2.24, 2.45) is 0 Å². The van der Waals surface area contributed by atoms with Crippen LogP contribution in [0.3, 0.4) is 0 Å². The number of carbonyl (C=O) groups is 1. The molecule has 0 fully saturated rings. The zero-order valence-electron chi connectivity index (χ0n) is 11.4. The molecule has 102 valence electrons. The molecule has 2 N–H and O–H groups in total. The number of nitrogens with one attached hydrogen (secondary N) is 2. The molecule has 0 bridgehead atoms. The van der Waals surface area contributed by atoms with Gasteiger partial charge < -0.3 is 15.5 Å². The highest BCUT2D eigenvalue weighted by Gasteiger charge is 2.27. The maximum absolute atomic E-state index is 12.2. The lowest BCUT2D eigenvalue weighted by atomic mass is 10.0.